The second-order valence-electron chi connectivity index (χ2n) is 7.37. The molecule has 1 aliphatic rings. The first-order valence-electron chi connectivity index (χ1n) is 10.4. The molecule has 0 amide bonds. The van der Waals surface area contributed by atoms with Crippen LogP contribution < -0.4 is 9.47 Å². The SMILES string of the molecule is CCCOc1ccc(OCC)c(-c2ccc3c4c(cccc24)-c2ccccc2-3)c1. The highest BCUT2D eigenvalue weighted by molar-refractivity contribution is 6.18. The van der Waals surface area contributed by atoms with Crippen LogP contribution in [0.5, 0.6) is 11.5 Å². The van der Waals surface area contributed by atoms with Crippen molar-refractivity contribution < 1.29 is 9.47 Å². The molecule has 0 atom stereocenters. The van der Waals surface area contributed by atoms with Crippen molar-refractivity contribution in [2.45, 2.75) is 20.3 Å². The first-order chi connectivity index (χ1) is 14.3. The summed E-state index contributed by atoms with van der Waals surface area (Å²) in [5.41, 5.74) is 7.52. The lowest BCUT2D eigenvalue weighted by molar-refractivity contribution is 0.315. The fraction of sp³-hybridized carbons (Fsp3) is 0.185. The second-order valence-corrected chi connectivity index (χ2v) is 7.37. The molecule has 0 fully saturated rings. The second kappa shape index (κ2) is 7.29. The molecule has 0 radical (unpaired) electrons. The third-order valence-electron chi connectivity index (χ3n) is 5.56. The van der Waals surface area contributed by atoms with Crippen molar-refractivity contribution in [3.05, 3.63) is 72.8 Å². The highest BCUT2D eigenvalue weighted by atomic mass is 16.5. The van der Waals surface area contributed by atoms with E-state index in [0.29, 0.717) is 13.2 Å². The fourth-order valence-corrected chi connectivity index (χ4v) is 4.35. The Kier molecular flexibility index (Phi) is 4.48. The van der Waals surface area contributed by atoms with Crippen molar-refractivity contribution in [1.82, 2.24) is 0 Å². The smallest absolute Gasteiger partial charge is 0.127 e. The molecule has 0 bridgehead atoms. The molecule has 0 saturated carbocycles. The molecule has 2 nitrogen and oxygen atoms in total. The first kappa shape index (κ1) is 17.8. The van der Waals surface area contributed by atoms with Crippen LogP contribution >= 0.6 is 0 Å². The fourth-order valence-electron chi connectivity index (χ4n) is 4.35. The summed E-state index contributed by atoms with van der Waals surface area (Å²) in [5.74, 6) is 1.78. The topological polar surface area (TPSA) is 18.5 Å². The van der Waals surface area contributed by atoms with Gasteiger partial charge in [0.2, 0.25) is 0 Å². The molecule has 29 heavy (non-hydrogen) atoms. The summed E-state index contributed by atoms with van der Waals surface area (Å²) in [6.45, 7) is 5.49. The summed E-state index contributed by atoms with van der Waals surface area (Å²) in [5, 5.41) is 2.58. The van der Waals surface area contributed by atoms with E-state index in [9.17, 15) is 0 Å². The van der Waals surface area contributed by atoms with Gasteiger partial charge in [-0.2, -0.15) is 0 Å². The Morgan fingerprint density at radius 2 is 1.34 bits per heavy atom. The van der Waals surface area contributed by atoms with Gasteiger partial charge in [-0.1, -0.05) is 61.5 Å². The molecule has 0 heterocycles. The van der Waals surface area contributed by atoms with Gasteiger partial charge in [-0.15, -0.1) is 0 Å². The molecule has 2 heteroatoms. The molecule has 4 aromatic carbocycles. The van der Waals surface area contributed by atoms with Crippen molar-refractivity contribution in [3.8, 4) is 44.9 Å². The van der Waals surface area contributed by atoms with Crippen LogP contribution in [0.3, 0.4) is 0 Å². The van der Waals surface area contributed by atoms with Gasteiger partial charge in [0.05, 0.1) is 13.2 Å². The van der Waals surface area contributed by atoms with Gasteiger partial charge < -0.3 is 9.47 Å². The van der Waals surface area contributed by atoms with Gasteiger partial charge in [0.15, 0.2) is 0 Å². The lowest BCUT2D eigenvalue weighted by Crippen LogP contribution is -1.98. The monoisotopic (exact) mass is 380 g/mol. The van der Waals surface area contributed by atoms with Crippen molar-refractivity contribution in [1.29, 1.82) is 0 Å². The molecule has 0 N–H and O–H groups in total. The van der Waals surface area contributed by atoms with Gasteiger partial charge in [-0.05, 0) is 70.1 Å². The zero-order valence-corrected chi connectivity index (χ0v) is 16.9. The normalized spacial score (nSPS) is 11.5. The van der Waals surface area contributed by atoms with E-state index in [0.717, 1.165) is 23.5 Å². The molecule has 1 aliphatic carbocycles. The van der Waals surface area contributed by atoms with E-state index < -0.39 is 0 Å². The molecule has 0 aliphatic heterocycles. The zero-order valence-electron chi connectivity index (χ0n) is 16.9. The molecule has 0 saturated heterocycles. The molecule has 4 aromatic rings. The molecule has 0 aromatic heterocycles. The lowest BCUT2D eigenvalue weighted by atomic mass is 9.94. The number of ether oxygens (including phenoxy) is 2. The number of hydrogen-bond donors (Lipinski definition) is 0. The zero-order chi connectivity index (χ0) is 19.8. The Hall–Kier alpha value is -3.26. The summed E-state index contributed by atoms with van der Waals surface area (Å²) in [6.07, 6.45) is 0.988. The Bertz CT molecular complexity index is 1180. The minimum absolute atomic E-state index is 0.634. The van der Waals surface area contributed by atoms with E-state index >= 15 is 0 Å². The maximum Gasteiger partial charge on any atom is 0.127 e. The number of fused-ring (bicyclic) bond motifs is 3. The van der Waals surface area contributed by atoms with E-state index in [1.165, 1.54) is 38.6 Å². The quantitative estimate of drug-likeness (QED) is 0.307. The molecular weight excluding hydrogens is 356 g/mol. The average molecular weight is 380 g/mol. The Labute approximate surface area is 171 Å². The molecule has 0 spiro atoms. The van der Waals surface area contributed by atoms with E-state index in [1.807, 2.05) is 19.1 Å². The third kappa shape index (κ3) is 2.87. The van der Waals surface area contributed by atoms with Crippen LogP contribution in [0.4, 0.5) is 0 Å². The number of benzene rings is 4. The summed E-state index contributed by atoms with van der Waals surface area (Å²) < 4.78 is 11.9. The average Bonchev–Trinajstić information content (AvgIpc) is 3.09. The van der Waals surface area contributed by atoms with Gasteiger partial charge in [0, 0.05) is 5.56 Å². The summed E-state index contributed by atoms with van der Waals surface area (Å²) in [7, 11) is 0. The van der Waals surface area contributed by atoms with E-state index in [-0.39, 0.29) is 0 Å². The Morgan fingerprint density at radius 3 is 2.10 bits per heavy atom. The maximum absolute atomic E-state index is 5.98. The summed E-state index contributed by atoms with van der Waals surface area (Å²) in [4.78, 5) is 0. The molecule has 144 valence electrons. The van der Waals surface area contributed by atoms with Crippen LogP contribution in [0, 0.1) is 0 Å². The van der Waals surface area contributed by atoms with Crippen molar-refractivity contribution in [2.75, 3.05) is 13.2 Å². The number of rotatable bonds is 6. The van der Waals surface area contributed by atoms with Gasteiger partial charge in [0.1, 0.15) is 11.5 Å². The van der Waals surface area contributed by atoms with Crippen LogP contribution in [0.2, 0.25) is 0 Å². The lowest BCUT2D eigenvalue weighted by Gasteiger charge is -2.15. The van der Waals surface area contributed by atoms with E-state index in [2.05, 4.69) is 67.6 Å². The van der Waals surface area contributed by atoms with Gasteiger partial charge >= 0.3 is 0 Å². The van der Waals surface area contributed by atoms with Crippen LogP contribution in [-0.4, -0.2) is 13.2 Å². The minimum atomic E-state index is 0.634. The van der Waals surface area contributed by atoms with Gasteiger partial charge in [-0.3, -0.25) is 0 Å². The first-order valence-corrected chi connectivity index (χ1v) is 10.4. The highest BCUT2D eigenvalue weighted by Crippen LogP contribution is 2.50. The van der Waals surface area contributed by atoms with E-state index in [1.54, 1.807) is 0 Å². The van der Waals surface area contributed by atoms with E-state index in [4.69, 9.17) is 9.47 Å². The molecular formula is C27H24O2. The largest absolute Gasteiger partial charge is 0.494 e. The van der Waals surface area contributed by atoms with Crippen molar-refractivity contribution in [2.24, 2.45) is 0 Å². The summed E-state index contributed by atoms with van der Waals surface area (Å²) >= 11 is 0. The van der Waals surface area contributed by atoms with Crippen molar-refractivity contribution in [3.63, 3.8) is 0 Å². The summed E-state index contributed by atoms with van der Waals surface area (Å²) in [6, 6.07) is 25.9. The third-order valence-corrected chi connectivity index (χ3v) is 5.56. The van der Waals surface area contributed by atoms with Crippen molar-refractivity contribution >= 4 is 10.8 Å². The predicted octanol–water partition coefficient (Wildman–Crippen LogP) is 7.34. The minimum Gasteiger partial charge on any atom is -0.494 e. The van der Waals surface area contributed by atoms with Crippen LogP contribution in [0.25, 0.3) is 44.2 Å². The van der Waals surface area contributed by atoms with Gasteiger partial charge in [0.25, 0.3) is 0 Å². The molecule has 0 unspecified atom stereocenters. The number of hydrogen-bond acceptors (Lipinski definition) is 2. The van der Waals surface area contributed by atoms with Crippen LogP contribution in [0.15, 0.2) is 72.8 Å². The Morgan fingerprint density at radius 1 is 0.621 bits per heavy atom. The van der Waals surface area contributed by atoms with Crippen LogP contribution in [0.1, 0.15) is 20.3 Å². The maximum atomic E-state index is 5.98. The predicted molar refractivity (Wildman–Crippen MR) is 121 cm³/mol. The molecule has 5 rings (SSSR count). The van der Waals surface area contributed by atoms with Gasteiger partial charge in [-0.25, -0.2) is 0 Å². The highest BCUT2D eigenvalue weighted by Gasteiger charge is 2.23. The standard InChI is InChI=1S/C27H24O2/c1-3-16-29-18-12-15-26(28-4-2)25(17-18)21-13-14-24-20-9-6-5-8-19(20)22-10-7-11-23(21)27(22)24/h5-15,17H,3-4,16H2,1-2H3. The Balaban J connectivity index is 1.74. The van der Waals surface area contributed by atoms with Crippen LogP contribution in [-0.2, 0) is 0 Å².